The third kappa shape index (κ3) is 4.44. The van der Waals surface area contributed by atoms with E-state index in [1.807, 2.05) is 35.7 Å². The summed E-state index contributed by atoms with van der Waals surface area (Å²) in [6.45, 7) is 2.50. The zero-order chi connectivity index (χ0) is 21.1. The highest BCUT2D eigenvalue weighted by Crippen LogP contribution is 2.25. The maximum atomic E-state index is 13.0. The number of hydrogen-bond donors (Lipinski definition) is 2. The summed E-state index contributed by atoms with van der Waals surface area (Å²) in [5.41, 5.74) is 2.04. The van der Waals surface area contributed by atoms with Crippen molar-refractivity contribution in [1.29, 1.82) is 0 Å². The molecule has 7 nitrogen and oxygen atoms in total. The molecule has 0 atom stereocenters. The molecule has 4 rings (SSSR count). The fourth-order valence-corrected chi connectivity index (χ4v) is 5.50. The maximum Gasteiger partial charge on any atom is 0.257 e. The van der Waals surface area contributed by atoms with Gasteiger partial charge in [0, 0.05) is 16.5 Å². The summed E-state index contributed by atoms with van der Waals surface area (Å²) in [7, 11) is -1.57. The van der Waals surface area contributed by atoms with E-state index >= 15 is 0 Å². The van der Waals surface area contributed by atoms with Crippen LogP contribution in [-0.4, -0.2) is 56.8 Å². The molecule has 1 aromatic heterocycles. The number of quaternary nitrogens is 1. The molecule has 1 amide bonds. The Balaban J connectivity index is 1.50. The lowest BCUT2D eigenvalue weighted by molar-refractivity contribution is -0.883. The Kier molecular flexibility index (Phi) is 5.96. The number of nitrogens with one attached hydrogen (secondary N) is 2. The van der Waals surface area contributed by atoms with Crippen LogP contribution in [0.5, 0.6) is 0 Å². The monoisotopic (exact) mass is 443 g/mol. The zero-order valence-electron chi connectivity index (χ0n) is 16.5. The largest absolute Gasteiger partial charge is 0.335 e. The van der Waals surface area contributed by atoms with Gasteiger partial charge >= 0.3 is 0 Å². The van der Waals surface area contributed by atoms with Crippen LogP contribution in [0.3, 0.4) is 0 Å². The Labute approximate surface area is 180 Å². The van der Waals surface area contributed by atoms with Crippen molar-refractivity contribution in [2.75, 3.05) is 38.5 Å². The predicted molar refractivity (Wildman–Crippen MR) is 117 cm³/mol. The van der Waals surface area contributed by atoms with Gasteiger partial charge in [0.1, 0.15) is 0 Å². The minimum absolute atomic E-state index is 0.138. The average Bonchev–Trinajstić information content (AvgIpc) is 3.23. The van der Waals surface area contributed by atoms with Gasteiger partial charge < -0.3 is 4.90 Å². The summed E-state index contributed by atoms with van der Waals surface area (Å²) in [6.07, 6.45) is 0. The van der Waals surface area contributed by atoms with E-state index in [-0.39, 0.29) is 16.4 Å². The average molecular weight is 444 g/mol. The van der Waals surface area contributed by atoms with Gasteiger partial charge in [-0.05, 0) is 18.2 Å². The van der Waals surface area contributed by atoms with Crippen LogP contribution in [0.15, 0.2) is 64.9 Å². The van der Waals surface area contributed by atoms with E-state index in [4.69, 9.17) is 0 Å². The molecule has 2 heterocycles. The van der Waals surface area contributed by atoms with Crippen molar-refractivity contribution < 1.29 is 18.1 Å². The zero-order valence-corrected chi connectivity index (χ0v) is 18.2. The lowest BCUT2D eigenvalue weighted by atomic mass is 10.2. The van der Waals surface area contributed by atoms with Crippen LogP contribution in [0.2, 0.25) is 0 Å². The summed E-state index contributed by atoms with van der Waals surface area (Å²) in [4.78, 5) is 18.6. The number of carbonyl (C=O) groups excluding carboxylic acids is 1. The summed E-state index contributed by atoms with van der Waals surface area (Å²) in [5.74, 6) is -0.385. The number of amides is 1. The van der Waals surface area contributed by atoms with E-state index in [1.165, 1.54) is 32.7 Å². The van der Waals surface area contributed by atoms with Gasteiger partial charge in [-0.15, -0.1) is 11.3 Å². The minimum Gasteiger partial charge on any atom is -0.335 e. The highest BCUT2D eigenvalue weighted by molar-refractivity contribution is 7.89. The number of rotatable bonds is 5. The fourth-order valence-electron chi connectivity index (χ4n) is 3.30. The van der Waals surface area contributed by atoms with Gasteiger partial charge in [-0.3, -0.25) is 10.1 Å². The summed E-state index contributed by atoms with van der Waals surface area (Å²) in [5, 5.41) is 5.11. The molecule has 0 saturated carbocycles. The van der Waals surface area contributed by atoms with E-state index in [1.54, 1.807) is 12.1 Å². The smallest absolute Gasteiger partial charge is 0.257 e. The lowest BCUT2D eigenvalue weighted by Crippen LogP contribution is -3.12. The first kappa shape index (κ1) is 20.7. The van der Waals surface area contributed by atoms with Crippen molar-refractivity contribution in [2.45, 2.75) is 4.90 Å². The Morgan fingerprint density at radius 3 is 2.57 bits per heavy atom. The molecule has 2 aromatic carbocycles. The van der Waals surface area contributed by atoms with E-state index < -0.39 is 10.0 Å². The van der Waals surface area contributed by atoms with E-state index in [9.17, 15) is 13.2 Å². The highest BCUT2D eigenvalue weighted by atomic mass is 32.2. The standard InChI is InChI=1S/C21H22N4O3S2/c1-24-10-12-25(13-11-24)30(27,28)18-9-5-8-17(14-18)20(26)23-21-22-19(15-29-21)16-6-3-2-4-7-16/h2-9,14-15H,10-13H2,1H3,(H,22,23,26)/p+1. The quantitative estimate of drug-likeness (QED) is 0.627. The molecule has 0 spiro atoms. The normalized spacial score (nSPS) is 15.8. The maximum absolute atomic E-state index is 13.0. The molecule has 1 aliphatic heterocycles. The van der Waals surface area contributed by atoms with E-state index in [2.05, 4.69) is 17.3 Å². The Bertz CT molecular complexity index is 1140. The molecule has 1 fully saturated rings. The molecule has 30 heavy (non-hydrogen) atoms. The molecule has 156 valence electrons. The molecule has 9 heteroatoms. The molecule has 0 aliphatic carbocycles. The number of hydrogen-bond acceptors (Lipinski definition) is 5. The van der Waals surface area contributed by atoms with Gasteiger partial charge in [0.15, 0.2) is 5.13 Å². The first-order valence-electron chi connectivity index (χ1n) is 9.67. The van der Waals surface area contributed by atoms with Gasteiger partial charge in [0.25, 0.3) is 5.91 Å². The number of sulfonamides is 1. The van der Waals surface area contributed by atoms with Crippen LogP contribution in [0.4, 0.5) is 5.13 Å². The van der Waals surface area contributed by atoms with Gasteiger partial charge in [-0.25, -0.2) is 13.4 Å². The number of carbonyl (C=O) groups is 1. The van der Waals surface area contributed by atoms with Gasteiger partial charge in [-0.2, -0.15) is 4.31 Å². The second-order valence-corrected chi connectivity index (χ2v) is 10.0. The SMILES string of the molecule is C[NH+]1CCN(S(=O)(=O)c2cccc(C(=O)Nc3nc(-c4ccccc4)cs3)c2)CC1. The van der Waals surface area contributed by atoms with Crippen molar-refractivity contribution in [3.8, 4) is 11.3 Å². The molecule has 0 radical (unpaired) electrons. The first-order chi connectivity index (χ1) is 14.4. The van der Waals surface area contributed by atoms with E-state index in [0.29, 0.717) is 18.2 Å². The first-order valence-corrected chi connectivity index (χ1v) is 12.0. The van der Waals surface area contributed by atoms with Gasteiger partial charge in [0.05, 0.1) is 43.8 Å². The van der Waals surface area contributed by atoms with Crippen LogP contribution in [-0.2, 0) is 10.0 Å². The van der Waals surface area contributed by atoms with Crippen LogP contribution in [0.1, 0.15) is 10.4 Å². The summed E-state index contributed by atoms with van der Waals surface area (Å²) >= 11 is 1.33. The molecular formula is C21H23N4O3S2+. The molecular weight excluding hydrogens is 420 g/mol. The van der Waals surface area contributed by atoms with Gasteiger partial charge in [0.2, 0.25) is 10.0 Å². The number of thiazole rings is 1. The Hall–Kier alpha value is -2.59. The van der Waals surface area contributed by atoms with Crippen LogP contribution in [0.25, 0.3) is 11.3 Å². The molecule has 0 unspecified atom stereocenters. The van der Waals surface area contributed by atoms with Crippen LogP contribution in [0, 0.1) is 0 Å². The third-order valence-electron chi connectivity index (χ3n) is 5.10. The molecule has 3 aromatic rings. The minimum atomic E-state index is -3.62. The van der Waals surface area contributed by atoms with Gasteiger partial charge in [-0.1, -0.05) is 36.4 Å². The number of aromatic nitrogens is 1. The Morgan fingerprint density at radius 2 is 1.83 bits per heavy atom. The number of piperazine rings is 1. The lowest BCUT2D eigenvalue weighted by Gasteiger charge is -2.29. The third-order valence-corrected chi connectivity index (χ3v) is 7.76. The van der Waals surface area contributed by atoms with Crippen molar-refractivity contribution in [1.82, 2.24) is 9.29 Å². The van der Waals surface area contributed by atoms with Crippen molar-refractivity contribution >= 4 is 32.4 Å². The van der Waals surface area contributed by atoms with Crippen molar-refractivity contribution in [2.24, 2.45) is 0 Å². The topological polar surface area (TPSA) is 83.8 Å². The summed E-state index contributed by atoms with van der Waals surface area (Å²) in [6, 6.07) is 15.9. The van der Waals surface area contributed by atoms with Crippen molar-refractivity contribution in [3.63, 3.8) is 0 Å². The molecule has 2 N–H and O–H groups in total. The highest BCUT2D eigenvalue weighted by Gasteiger charge is 2.29. The second kappa shape index (κ2) is 8.65. The van der Waals surface area contributed by atoms with Crippen LogP contribution >= 0.6 is 11.3 Å². The molecule has 1 aliphatic rings. The molecule has 1 saturated heterocycles. The number of benzene rings is 2. The number of likely N-dealkylation sites (N-methyl/N-ethyl adjacent to an activating group) is 1. The van der Waals surface area contributed by atoms with Crippen molar-refractivity contribution in [3.05, 3.63) is 65.5 Å². The molecule has 0 bridgehead atoms. The van der Waals surface area contributed by atoms with Crippen LogP contribution < -0.4 is 10.2 Å². The number of anilines is 1. The second-order valence-electron chi connectivity index (χ2n) is 7.25. The fraction of sp³-hybridized carbons (Fsp3) is 0.238. The predicted octanol–water partition coefficient (Wildman–Crippen LogP) is 1.58. The van der Waals surface area contributed by atoms with E-state index in [0.717, 1.165) is 24.3 Å². The number of nitrogens with zero attached hydrogens (tertiary/aromatic N) is 2. The Morgan fingerprint density at radius 1 is 1.10 bits per heavy atom. The summed E-state index contributed by atoms with van der Waals surface area (Å²) < 4.78 is 27.4.